The summed E-state index contributed by atoms with van der Waals surface area (Å²) < 4.78 is 15.7. The number of hydrogen-bond acceptors (Lipinski definition) is 6. The molecule has 4 rings (SSSR count). The Hall–Kier alpha value is -3.71. The molecule has 1 aliphatic heterocycles. The van der Waals surface area contributed by atoms with Gasteiger partial charge in [-0.1, -0.05) is 12.1 Å². The van der Waals surface area contributed by atoms with Crippen LogP contribution in [0, 0.1) is 0 Å². The van der Waals surface area contributed by atoms with E-state index in [-0.39, 0.29) is 5.91 Å². The smallest absolute Gasteiger partial charge is 0.271 e. The predicted octanol–water partition coefficient (Wildman–Crippen LogP) is 5.52. The van der Waals surface area contributed by atoms with Crippen LogP contribution in [0.4, 0.5) is 11.4 Å². The van der Waals surface area contributed by atoms with Gasteiger partial charge in [0.15, 0.2) is 5.17 Å². The van der Waals surface area contributed by atoms with E-state index in [0.717, 1.165) is 28.5 Å². The molecule has 1 amide bonds. The van der Waals surface area contributed by atoms with E-state index >= 15 is 0 Å². The van der Waals surface area contributed by atoms with E-state index in [1.165, 1.54) is 11.8 Å². The van der Waals surface area contributed by atoms with E-state index in [4.69, 9.17) is 19.2 Å². The van der Waals surface area contributed by atoms with Crippen LogP contribution in [0.25, 0.3) is 6.08 Å². The highest BCUT2D eigenvalue weighted by molar-refractivity contribution is 8.19. The van der Waals surface area contributed by atoms with E-state index in [0.29, 0.717) is 15.8 Å². The number of benzene rings is 3. The maximum absolute atomic E-state index is 13.4. The molecule has 3 aromatic carbocycles. The second kappa shape index (κ2) is 9.62. The molecule has 0 radical (unpaired) electrons. The summed E-state index contributed by atoms with van der Waals surface area (Å²) in [5.41, 5.74) is 2.35. The normalized spacial score (nSPS) is 16.0. The summed E-state index contributed by atoms with van der Waals surface area (Å²) in [5, 5.41) is 0.574. The lowest BCUT2D eigenvalue weighted by Crippen LogP contribution is -2.28. The zero-order chi connectivity index (χ0) is 22.5. The van der Waals surface area contributed by atoms with Crippen molar-refractivity contribution >= 4 is 40.3 Å². The summed E-state index contributed by atoms with van der Waals surface area (Å²) >= 11 is 1.33. The average molecular weight is 447 g/mol. The van der Waals surface area contributed by atoms with Crippen molar-refractivity contribution in [2.45, 2.75) is 0 Å². The molecule has 1 aliphatic rings. The number of hydrogen-bond donors (Lipinski definition) is 0. The fraction of sp³-hybridized carbons (Fsp3) is 0.120. The first-order valence-electron chi connectivity index (χ1n) is 9.86. The molecule has 1 saturated heterocycles. The maximum atomic E-state index is 13.4. The van der Waals surface area contributed by atoms with Crippen LogP contribution in [-0.2, 0) is 4.79 Å². The van der Waals surface area contributed by atoms with Crippen molar-refractivity contribution < 1.29 is 19.0 Å². The van der Waals surface area contributed by atoms with Crippen LogP contribution in [0.3, 0.4) is 0 Å². The molecule has 0 saturated carbocycles. The minimum absolute atomic E-state index is 0.136. The molecule has 162 valence electrons. The standard InChI is InChI=1S/C25H22N2O4S/c1-29-20-10-4-17(5-11-20)16-23-24(28)27(19-8-14-22(31-3)15-9-19)25(32-23)26-18-6-12-21(30-2)13-7-18/h4-16H,1-3H3/b23-16-,26-25+. The van der Waals surface area contributed by atoms with Gasteiger partial charge in [-0.3, -0.25) is 9.69 Å². The van der Waals surface area contributed by atoms with Crippen molar-refractivity contribution in [3.63, 3.8) is 0 Å². The molecule has 0 spiro atoms. The Morgan fingerprint density at radius 1 is 0.750 bits per heavy atom. The Morgan fingerprint density at radius 3 is 1.78 bits per heavy atom. The molecule has 32 heavy (non-hydrogen) atoms. The number of methoxy groups -OCH3 is 3. The van der Waals surface area contributed by atoms with Gasteiger partial charge in [0.2, 0.25) is 0 Å². The van der Waals surface area contributed by atoms with Crippen molar-refractivity contribution in [3.05, 3.63) is 83.3 Å². The molecular formula is C25H22N2O4S. The van der Waals surface area contributed by atoms with E-state index in [2.05, 4.69) is 0 Å². The first kappa shape index (κ1) is 21.5. The molecule has 3 aromatic rings. The van der Waals surface area contributed by atoms with Gasteiger partial charge in [0.1, 0.15) is 17.2 Å². The van der Waals surface area contributed by atoms with Gasteiger partial charge in [0.25, 0.3) is 5.91 Å². The summed E-state index contributed by atoms with van der Waals surface area (Å²) in [6.07, 6.45) is 1.86. The number of ether oxygens (including phenoxy) is 3. The van der Waals surface area contributed by atoms with Crippen LogP contribution in [0.15, 0.2) is 82.7 Å². The van der Waals surface area contributed by atoms with Crippen LogP contribution < -0.4 is 19.1 Å². The minimum Gasteiger partial charge on any atom is -0.497 e. The molecule has 0 unspecified atom stereocenters. The Labute approximate surface area is 191 Å². The fourth-order valence-electron chi connectivity index (χ4n) is 3.13. The lowest BCUT2D eigenvalue weighted by Gasteiger charge is -2.16. The molecule has 0 bridgehead atoms. The number of anilines is 1. The molecule has 1 fully saturated rings. The van der Waals surface area contributed by atoms with Crippen LogP contribution in [0.5, 0.6) is 17.2 Å². The Morgan fingerprint density at radius 2 is 1.25 bits per heavy atom. The summed E-state index contributed by atoms with van der Waals surface area (Å²) in [4.78, 5) is 20.3. The van der Waals surface area contributed by atoms with Gasteiger partial charge in [0.05, 0.1) is 37.6 Å². The quantitative estimate of drug-likeness (QED) is 0.467. The van der Waals surface area contributed by atoms with Crippen molar-refractivity contribution in [1.29, 1.82) is 0 Å². The molecule has 0 atom stereocenters. The van der Waals surface area contributed by atoms with Gasteiger partial charge in [-0.05, 0) is 84.1 Å². The fourth-order valence-corrected chi connectivity index (χ4v) is 4.13. The van der Waals surface area contributed by atoms with E-state index in [1.54, 1.807) is 26.2 Å². The van der Waals surface area contributed by atoms with E-state index in [9.17, 15) is 4.79 Å². The van der Waals surface area contributed by atoms with Crippen molar-refractivity contribution in [3.8, 4) is 17.2 Å². The van der Waals surface area contributed by atoms with Crippen LogP contribution in [0.2, 0.25) is 0 Å². The number of aliphatic imine (C=N–C) groups is 1. The van der Waals surface area contributed by atoms with Gasteiger partial charge in [-0.15, -0.1) is 0 Å². The van der Waals surface area contributed by atoms with Crippen molar-refractivity contribution in [2.75, 3.05) is 26.2 Å². The number of nitrogens with zero attached hydrogens (tertiary/aromatic N) is 2. The zero-order valence-corrected chi connectivity index (χ0v) is 18.8. The number of amides is 1. The zero-order valence-electron chi connectivity index (χ0n) is 17.9. The molecule has 0 aromatic heterocycles. The second-order valence-electron chi connectivity index (χ2n) is 6.81. The predicted molar refractivity (Wildman–Crippen MR) is 129 cm³/mol. The molecule has 1 heterocycles. The van der Waals surface area contributed by atoms with Crippen molar-refractivity contribution in [2.24, 2.45) is 4.99 Å². The summed E-state index contributed by atoms with van der Waals surface area (Å²) in [6.45, 7) is 0. The SMILES string of the molecule is COc1ccc(/C=C2\S/C(=N/c3ccc(OC)cc3)N(c3ccc(OC)cc3)C2=O)cc1. The molecule has 0 aliphatic carbocycles. The first-order valence-corrected chi connectivity index (χ1v) is 10.7. The van der Waals surface area contributed by atoms with Crippen LogP contribution in [-0.4, -0.2) is 32.4 Å². The maximum Gasteiger partial charge on any atom is 0.271 e. The topological polar surface area (TPSA) is 60.4 Å². The van der Waals surface area contributed by atoms with Crippen LogP contribution in [0.1, 0.15) is 5.56 Å². The third kappa shape index (κ3) is 4.63. The van der Waals surface area contributed by atoms with E-state index < -0.39 is 0 Å². The minimum atomic E-state index is -0.136. The summed E-state index contributed by atoms with van der Waals surface area (Å²) in [7, 11) is 4.85. The molecular weight excluding hydrogens is 424 g/mol. The van der Waals surface area contributed by atoms with Gasteiger partial charge in [-0.2, -0.15) is 0 Å². The highest BCUT2D eigenvalue weighted by Crippen LogP contribution is 2.38. The summed E-state index contributed by atoms with van der Waals surface area (Å²) in [5.74, 6) is 2.09. The van der Waals surface area contributed by atoms with Gasteiger partial charge >= 0.3 is 0 Å². The molecule has 0 N–H and O–H groups in total. The number of thioether (sulfide) groups is 1. The lowest BCUT2D eigenvalue weighted by atomic mass is 10.2. The van der Waals surface area contributed by atoms with Gasteiger partial charge < -0.3 is 14.2 Å². The first-order chi connectivity index (χ1) is 15.6. The Kier molecular flexibility index (Phi) is 6.47. The second-order valence-corrected chi connectivity index (χ2v) is 7.82. The van der Waals surface area contributed by atoms with E-state index in [1.807, 2.05) is 78.9 Å². The highest BCUT2D eigenvalue weighted by atomic mass is 32.2. The molecule has 6 nitrogen and oxygen atoms in total. The number of amidine groups is 1. The monoisotopic (exact) mass is 446 g/mol. The summed E-state index contributed by atoms with van der Waals surface area (Å²) in [6, 6.07) is 22.3. The average Bonchev–Trinajstić information content (AvgIpc) is 3.14. The van der Waals surface area contributed by atoms with Gasteiger partial charge in [-0.25, -0.2) is 4.99 Å². The third-order valence-electron chi connectivity index (χ3n) is 4.85. The lowest BCUT2D eigenvalue weighted by molar-refractivity contribution is -0.113. The van der Waals surface area contributed by atoms with Gasteiger partial charge in [0, 0.05) is 0 Å². The third-order valence-corrected chi connectivity index (χ3v) is 5.82. The van der Waals surface area contributed by atoms with Crippen LogP contribution >= 0.6 is 11.8 Å². The number of carbonyl (C=O) groups excluding carboxylic acids is 1. The Bertz CT molecular complexity index is 1150. The van der Waals surface area contributed by atoms with Crippen molar-refractivity contribution in [1.82, 2.24) is 0 Å². The largest absolute Gasteiger partial charge is 0.497 e. The Balaban J connectivity index is 1.72. The number of rotatable bonds is 6. The molecule has 7 heteroatoms. The highest BCUT2D eigenvalue weighted by Gasteiger charge is 2.34. The number of carbonyl (C=O) groups is 1.